The van der Waals surface area contributed by atoms with Gasteiger partial charge in [-0.05, 0) is 50.5 Å². The summed E-state index contributed by atoms with van der Waals surface area (Å²) in [5.41, 5.74) is 1.29. The maximum absolute atomic E-state index is 14.7. The number of carbonyl (C=O) groups is 3. The van der Waals surface area contributed by atoms with E-state index in [4.69, 9.17) is 0 Å². The van der Waals surface area contributed by atoms with Crippen LogP contribution in [0.2, 0.25) is 0 Å². The van der Waals surface area contributed by atoms with Gasteiger partial charge in [-0.2, -0.15) is 0 Å². The van der Waals surface area contributed by atoms with Gasteiger partial charge >= 0.3 is 0 Å². The molecule has 2 aromatic rings. The molecule has 0 spiro atoms. The molecule has 1 aromatic carbocycles. The summed E-state index contributed by atoms with van der Waals surface area (Å²) < 4.78 is 14.7. The minimum atomic E-state index is -0.687. The lowest BCUT2D eigenvalue weighted by Gasteiger charge is -2.58. The number of Topliss-reactive ketones (excluding diaryl/α,β-unsaturated/α-hetero) is 1. The van der Waals surface area contributed by atoms with Crippen molar-refractivity contribution in [2.75, 3.05) is 11.9 Å². The van der Waals surface area contributed by atoms with Crippen LogP contribution in [0.4, 0.5) is 10.1 Å². The molecule has 4 aliphatic carbocycles. The highest BCUT2D eigenvalue weighted by atomic mass is 19.1. The molecule has 0 aliphatic heterocycles. The normalized spacial score (nSPS) is 23.5. The average Bonchev–Trinajstić information content (AvgIpc) is 3.46. The van der Waals surface area contributed by atoms with Crippen LogP contribution < -0.4 is 16.0 Å². The van der Waals surface area contributed by atoms with Crippen LogP contribution in [-0.2, 0) is 4.79 Å². The van der Waals surface area contributed by atoms with Crippen molar-refractivity contribution >= 4 is 34.2 Å². The number of carbonyl (C=O) groups excluding carboxylic acids is 3. The van der Waals surface area contributed by atoms with E-state index in [2.05, 4.69) is 20.9 Å². The highest BCUT2D eigenvalue weighted by Crippen LogP contribution is 2.55. The third-order valence-corrected chi connectivity index (χ3v) is 6.66. The summed E-state index contributed by atoms with van der Waals surface area (Å²) >= 11 is 0. The third kappa shape index (κ3) is 3.75. The Morgan fingerprint density at radius 3 is 2.45 bits per heavy atom. The number of anilines is 1. The third-order valence-electron chi connectivity index (χ3n) is 6.66. The van der Waals surface area contributed by atoms with Crippen molar-refractivity contribution < 1.29 is 18.8 Å². The number of rotatable bonds is 8. The molecule has 6 rings (SSSR count). The number of aromatic nitrogens is 1. The van der Waals surface area contributed by atoms with Crippen molar-refractivity contribution in [3.63, 3.8) is 0 Å². The standard InChI is InChI=1S/C23H25FN4O3/c1-11(29)4-5-25-22(30)15-8-16-19(9-18(15)24)26-10-17(23(31)27-14-2-3-14)21(16)28-20-12-6-13(20)7-12/h8-10,12-14,20H,2-7H2,1H3,(H,25,30)(H,26,28)(H,27,31). The fourth-order valence-corrected chi connectivity index (χ4v) is 4.34. The van der Waals surface area contributed by atoms with Crippen LogP contribution >= 0.6 is 0 Å². The highest BCUT2D eigenvalue weighted by molar-refractivity contribution is 6.09. The van der Waals surface area contributed by atoms with Crippen molar-refractivity contribution in [2.24, 2.45) is 11.8 Å². The molecule has 4 fully saturated rings. The number of nitrogens with zero attached hydrogens (tertiary/aromatic N) is 1. The molecule has 2 amide bonds. The van der Waals surface area contributed by atoms with Gasteiger partial charge in [-0.1, -0.05) is 0 Å². The zero-order valence-electron chi connectivity index (χ0n) is 17.3. The van der Waals surface area contributed by atoms with Crippen LogP contribution in [0.3, 0.4) is 0 Å². The molecular formula is C23H25FN4O3. The Hall–Kier alpha value is -3.03. The fourth-order valence-electron chi connectivity index (χ4n) is 4.34. The summed E-state index contributed by atoms with van der Waals surface area (Å²) in [6.45, 7) is 1.58. The van der Waals surface area contributed by atoms with Gasteiger partial charge in [0.25, 0.3) is 11.8 Å². The van der Waals surface area contributed by atoms with Gasteiger partial charge in [0, 0.05) is 42.7 Å². The Labute approximate surface area is 179 Å². The van der Waals surface area contributed by atoms with Gasteiger partial charge in [0.15, 0.2) is 0 Å². The molecule has 7 nitrogen and oxygen atoms in total. The molecule has 162 valence electrons. The van der Waals surface area contributed by atoms with Gasteiger partial charge in [-0.3, -0.25) is 19.4 Å². The van der Waals surface area contributed by atoms with E-state index >= 15 is 0 Å². The quantitative estimate of drug-likeness (QED) is 0.605. The van der Waals surface area contributed by atoms with Gasteiger partial charge < -0.3 is 16.0 Å². The van der Waals surface area contributed by atoms with Crippen molar-refractivity contribution in [2.45, 2.75) is 51.1 Å². The molecule has 3 N–H and O–H groups in total. The van der Waals surface area contributed by atoms with Crippen molar-refractivity contribution in [1.82, 2.24) is 15.6 Å². The molecule has 1 heterocycles. The topological polar surface area (TPSA) is 100 Å². The summed E-state index contributed by atoms with van der Waals surface area (Å²) in [4.78, 5) is 40.8. The average molecular weight is 424 g/mol. The zero-order valence-corrected chi connectivity index (χ0v) is 17.3. The lowest BCUT2D eigenvalue weighted by molar-refractivity contribution is -0.116. The Kier molecular flexibility index (Phi) is 4.87. The summed E-state index contributed by atoms with van der Waals surface area (Å²) in [6.07, 6.45) is 6.01. The lowest BCUT2D eigenvalue weighted by atomic mass is 9.52. The minimum absolute atomic E-state index is 0.0552. The molecule has 2 bridgehead atoms. The minimum Gasteiger partial charge on any atom is -0.381 e. The Morgan fingerprint density at radius 1 is 1.10 bits per heavy atom. The lowest BCUT2D eigenvalue weighted by Crippen LogP contribution is -2.59. The largest absolute Gasteiger partial charge is 0.381 e. The first-order valence-electron chi connectivity index (χ1n) is 10.9. The Bertz CT molecular complexity index is 1080. The smallest absolute Gasteiger partial charge is 0.255 e. The van der Waals surface area contributed by atoms with E-state index in [1.165, 1.54) is 38.1 Å². The molecule has 4 aliphatic rings. The molecule has 0 unspecified atom stereocenters. The SMILES string of the molecule is CC(=O)CCNC(=O)c1cc2c(NC3C4CC3C4)c(C(=O)NC3CC3)cnc2cc1F. The van der Waals surface area contributed by atoms with E-state index < -0.39 is 11.7 Å². The number of fused-ring (bicyclic) bond motifs is 1. The van der Waals surface area contributed by atoms with Crippen LogP contribution in [0.5, 0.6) is 0 Å². The van der Waals surface area contributed by atoms with E-state index in [-0.39, 0.29) is 36.3 Å². The summed E-state index contributed by atoms with van der Waals surface area (Å²) in [7, 11) is 0. The molecule has 0 saturated heterocycles. The molecule has 0 atom stereocenters. The van der Waals surface area contributed by atoms with Crippen molar-refractivity contribution in [3.8, 4) is 0 Å². The van der Waals surface area contributed by atoms with Gasteiger partial charge in [0.2, 0.25) is 0 Å². The summed E-state index contributed by atoms with van der Waals surface area (Å²) in [6, 6.07) is 3.19. The number of ketones is 1. The van der Waals surface area contributed by atoms with Crippen LogP contribution in [-0.4, -0.2) is 41.2 Å². The molecule has 31 heavy (non-hydrogen) atoms. The Balaban J connectivity index is 1.51. The van der Waals surface area contributed by atoms with Crippen LogP contribution in [0.25, 0.3) is 10.9 Å². The molecular weight excluding hydrogens is 399 g/mol. The summed E-state index contributed by atoms with van der Waals surface area (Å²) in [5.74, 6) is -0.340. The van der Waals surface area contributed by atoms with Crippen molar-refractivity contribution in [3.05, 3.63) is 35.3 Å². The number of halogens is 1. The van der Waals surface area contributed by atoms with Crippen LogP contribution in [0.1, 0.15) is 59.7 Å². The van der Waals surface area contributed by atoms with E-state index in [1.54, 1.807) is 0 Å². The molecule has 8 heteroatoms. The van der Waals surface area contributed by atoms with Crippen LogP contribution in [0.15, 0.2) is 18.3 Å². The first-order chi connectivity index (χ1) is 14.9. The predicted octanol–water partition coefficient (Wildman–Crippen LogP) is 2.80. The predicted molar refractivity (Wildman–Crippen MR) is 113 cm³/mol. The second-order valence-corrected chi connectivity index (χ2v) is 9.01. The molecule has 4 saturated carbocycles. The van der Waals surface area contributed by atoms with E-state index in [1.807, 2.05) is 0 Å². The molecule has 0 radical (unpaired) electrons. The first-order valence-corrected chi connectivity index (χ1v) is 10.9. The van der Waals surface area contributed by atoms with Crippen molar-refractivity contribution in [1.29, 1.82) is 0 Å². The monoisotopic (exact) mass is 424 g/mol. The van der Waals surface area contributed by atoms with Gasteiger partial charge in [0.1, 0.15) is 11.6 Å². The number of hydrogen-bond acceptors (Lipinski definition) is 5. The van der Waals surface area contributed by atoms with Gasteiger partial charge in [-0.25, -0.2) is 4.39 Å². The number of benzene rings is 1. The number of hydrogen-bond donors (Lipinski definition) is 3. The maximum Gasteiger partial charge on any atom is 0.255 e. The number of nitrogens with one attached hydrogen (secondary N) is 3. The van der Waals surface area contributed by atoms with E-state index in [0.29, 0.717) is 40.0 Å². The first kappa shape index (κ1) is 19.9. The van der Waals surface area contributed by atoms with Gasteiger partial charge in [0.05, 0.1) is 22.3 Å². The highest BCUT2D eigenvalue weighted by Gasteiger charge is 2.52. The van der Waals surface area contributed by atoms with E-state index in [0.717, 1.165) is 12.8 Å². The van der Waals surface area contributed by atoms with Crippen LogP contribution in [0, 0.1) is 17.7 Å². The van der Waals surface area contributed by atoms with Gasteiger partial charge in [-0.15, -0.1) is 0 Å². The Morgan fingerprint density at radius 2 is 1.84 bits per heavy atom. The second kappa shape index (κ2) is 7.59. The number of amides is 2. The number of pyridine rings is 1. The van der Waals surface area contributed by atoms with E-state index in [9.17, 15) is 18.8 Å². The molecule has 1 aromatic heterocycles. The fraction of sp³-hybridized carbons (Fsp3) is 0.478. The summed E-state index contributed by atoms with van der Waals surface area (Å²) in [5, 5.41) is 9.63. The zero-order chi connectivity index (χ0) is 21.7. The maximum atomic E-state index is 14.7. The second-order valence-electron chi connectivity index (χ2n) is 9.01.